The third kappa shape index (κ3) is 3.79. The number of pyridine rings is 1. The van der Waals surface area contributed by atoms with Crippen LogP contribution in [0.1, 0.15) is 56.4 Å². The number of rotatable bonds is 5. The van der Waals surface area contributed by atoms with Crippen molar-refractivity contribution in [2.45, 2.75) is 57.5 Å². The van der Waals surface area contributed by atoms with Crippen molar-refractivity contribution in [2.24, 2.45) is 0 Å². The Labute approximate surface area is 186 Å². The molecule has 3 aromatic rings. The van der Waals surface area contributed by atoms with Crippen molar-refractivity contribution in [2.75, 3.05) is 12.4 Å². The standard InChI is InChI=1S/C23H27N7O2/c1-14(31)29-23(2)10-16(11-23)26-22-27-18-7-5-4-6-17(20(18)21(28-22)32-3)15-8-9-19-24-13-25-30(19)12-15/h6,8-9,12-13,16H,4-5,7,10-11H2,1-3H3,(H,29,31)(H,26,27,28). The molecule has 1 amide bonds. The molecule has 5 rings (SSSR count). The second kappa shape index (κ2) is 7.89. The lowest BCUT2D eigenvalue weighted by atomic mass is 9.74. The number of methoxy groups -OCH3 is 1. The molecule has 3 aromatic heterocycles. The van der Waals surface area contributed by atoms with E-state index >= 15 is 0 Å². The van der Waals surface area contributed by atoms with Gasteiger partial charge in [-0.2, -0.15) is 10.1 Å². The number of nitrogens with zero attached hydrogens (tertiary/aromatic N) is 5. The fourth-order valence-corrected chi connectivity index (χ4v) is 4.84. The van der Waals surface area contributed by atoms with Crippen LogP contribution in [0.25, 0.3) is 11.2 Å². The van der Waals surface area contributed by atoms with E-state index in [0.717, 1.165) is 60.1 Å². The highest BCUT2D eigenvalue weighted by Gasteiger charge is 2.41. The van der Waals surface area contributed by atoms with Crippen LogP contribution >= 0.6 is 0 Å². The minimum atomic E-state index is -0.171. The minimum absolute atomic E-state index is 0.00250. The fraction of sp³-hybridized carbons (Fsp3) is 0.435. The second-order valence-electron chi connectivity index (χ2n) is 8.86. The molecule has 0 bridgehead atoms. The molecular weight excluding hydrogens is 406 g/mol. The number of hydrogen-bond donors (Lipinski definition) is 2. The molecular formula is C23H27N7O2. The van der Waals surface area contributed by atoms with Gasteiger partial charge in [-0.3, -0.25) is 4.79 Å². The molecule has 0 atom stereocenters. The normalized spacial score (nSPS) is 22.3. The predicted octanol–water partition coefficient (Wildman–Crippen LogP) is 2.77. The largest absolute Gasteiger partial charge is 0.480 e. The summed E-state index contributed by atoms with van der Waals surface area (Å²) < 4.78 is 7.51. The van der Waals surface area contributed by atoms with Crippen molar-refractivity contribution in [1.29, 1.82) is 0 Å². The SMILES string of the molecule is COc1nc(NC2CC(C)(NC(C)=O)C2)nc2c1C(c1ccc3ncnn3c1)=CCCC2. The number of fused-ring (bicyclic) bond motifs is 2. The molecule has 0 saturated heterocycles. The van der Waals surface area contributed by atoms with E-state index < -0.39 is 0 Å². The van der Waals surface area contributed by atoms with E-state index in [1.165, 1.54) is 0 Å². The van der Waals surface area contributed by atoms with Gasteiger partial charge in [0.15, 0.2) is 5.65 Å². The van der Waals surface area contributed by atoms with Gasteiger partial charge in [-0.15, -0.1) is 0 Å². The van der Waals surface area contributed by atoms with Crippen molar-refractivity contribution in [3.05, 3.63) is 47.6 Å². The van der Waals surface area contributed by atoms with Gasteiger partial charge >= 0.3 is 0 Å². The molecule has 3 heterocycles. The summed E-state index contributed by atoms with van der Waals surface area (Å²) in [5.41, 5.74) is 4.63. The van der Waals surface area contributed by atoms with Gasteiger partial charge < -0.3 is 15.4 Å². The maximum absolute atomic E-state index is 11.4. The Morgan fingerprint density at radius 2 is 2.12 bits per heavy atom. The summed E-state index contributed by atoms with van der Waals surface area (Å²) in [4.78, 5) is 25.2. The highest BCUT2D eigenvalue weighted by Crippen LogP contribution is 2.38. The third-order valence-corrected chi connectivity index (χ3v) is 6.17. The Hall–Kier alpha value is -3.49. The highest BCUT2D eigenvalue weighted by molar-refractivity contribution is 5.84. The van der Waals surface area contributed by atoms with Gasteiger partial charge in [0.25, 0.3) is 0 Å². The quantitative estimate of drug-likeness (QED) is 0.637. The van der Waals surface area contributed by atoms with Gasteiger partial charge in [0, 0.05) is 30.3 Å². The summed E-state index contributed by atoms with van der Waals surface area (Å²) in [7, 11) is 1.65. The van der Waals surface area contributed by atoms with Crippen LogP contribution in [0.4, 0.5) is 5.95 Å². The van der Waals surface area contributed by atoms with E-state index in [4.69, 9.17) is 14.7 Å². The summed E-state index contributed by atoms with van der Waals surface area (Å²) in [5.74, 6) is 1.13. The van der Waals surface area contributed by atoms with Gasteiger partial charge in [-0.1, -0.05) is 6.08 Å². The maximum Gasteiger partial charge on any atom is 0.226 e. The predicted molar refractivity (Wildman–Crippen MR) is 120 cm³/mol. The number of amides is 1. The minimum Gasteiger partial charge on any atom is -0.480 e. The fourth-order valence-electron chi connectivity index (χ4n) is 4.84. The summed E-state index contributed by atoms with van der Waals surface area (Å²) >= 11 is 0. The molecule has 0 spiro atoms. The Morgan fingerprint density at radius 1 is 1.28 bits per heavy atom. The highest BCUT2D eigenvalue weighted by atomic mass is 16.5. The lowest BCUT2D eigenvalue weighted by molar-refractivity contribution is -0.121. The Kier molecular flexibility index (Phi) is 5.03. The van der Waals surface area contributed by atoms with Crippen LogP contribution in [0, 0.1) is 0 Å². The van der Waals surface area contributed by atoms with E-state index in [2.05, 4.69) is 33.7 Å². The van der Waals surface area contributed by atoms with Crippen LogP contribution in [0.3, 0.4) is 0 Å². The molecule has 1 fully saturated rings. The summed E-state index contributed by atoms with van der Waals surface area (Å²) in [6.45, 7) is 3.62. The van der Waals surface area contributed by atoms with Crippen LogP contribution < -0.4 is 15.4 Å². The molecule has 2 N–H and O–H groups in total. The van der Waals surface area contributed by atoms with Crippen LogP contribution in [-0.2, 0) is 11.2 Å². The van der Waals surface area contributed by atoms with Crippen molar-refractivity contribution in [3.8, 4) is 5.88 Å². The van der Waals surface area contributed by atoms with Gasteiger partial charge in [0.05, 0.1) is 18.4 Å². The smallest absolute Gasteiger partial charge is 0.226 e. The van der Waals surface area contributed by atoms with E-state index in [9.17, 15) is 4.79 Å². The topological polar surface area (TPSA) is 106 Å². The number of aromatic nitrogens is 5. The Balaban J connectivity index is 1.45. The molecule has 9 nitrogen and oxygen atoms in total. The average molecular weight is 434 g/mol. The van der Waals surface area contributed by atoms with Crippen molar-refractivity contribution in [1.82, 2.24) is 29.9 Å². The monoisotopic (exact) mass is 433 g/mol. The molecule has 166 valence electrons. The van der Waals surface area contributed by atoms with Crippen LogP contribution in [-0.4, -0.2) is 49.2 Å². The van der Waals surface area contributed by atoms with E-state index in [-0.39, 0.29) is 17.5 Å². The first kappa shape index (κ1) is 20.4. The van der Waals surface area contributed by atoms with E-state index in [0.29, 0.717) is 11.8 Å². The number of allylic oxidation sites excluding steroid dienone is 1. The zero-order valence-corrected chi connectivity index (χ0v) is 18.6. The molecule has 0 aliphatic heterocycles. The first-order valence-corrected chi connectivity index (χ1v) is 10.9. The Bertz CT molecular complexity index is 1210. The number of carbonyl (C=O) groups is 1. The van der Waals surface area contributed by atoms with Crippen LogP contribution in [0.15, 0.2) is 30.7 Å². The van der Waals surface area contributed by atoms with Crippen molar-refractivity contribution in [3.63, 3.8) is 0 Å². The number of carbonyl (C=O) groups excluding carboxylic acids is 1. The molecule has 0 unspecified atom stereocenters. The molecule has 9 heteroatoms. The number of aryl methyl sites for hydroxylation is 1. The molecule has 0 aromatic carbocycles. The van der Waals surface area contributed by atoms with E-state index in [1.54, 1.807) is 24.9 Å². The van der Waals surface area contributed by atoms with Gasteiger partial charge in [0.1, 0.15) is 6.33 Å². The molecule has 2 aliphatic rings. The lowest BCUT2D eigenvalue weighted by Crippen LogP contribution is -2.59. The summed E-state index contributed by atoms with van der Waals surface area (Å²) in [6, 6.07) is 4.22. The molecule has 1 saturated carbocycles. The second-order valence-corrected chi connectivity index (χ2v) is 8.86. The summed E-state index contributed by atoms with van der Waals surface area (Å²) in [6.07, 6.45) is 10.2. The maximum atomic E-state index is 11.4. The van der Waals surface area contributed by atoms with Crippen molar-refractivity contribution < 1.29 is 9.53 Å². The zero-order chi connectivity index (χ0) is 22.3. The van der Waals surface area contributed by atoms with Gasteiger partial charge in [0.2, 0.25) is 17.7 Å². The molecule has 2 aliphatic carbocycles. The number of hydrogen-bond acceptors (Lipinski definition) is 7. The van der Waals surface area contributed by atoms with Crippen molar-refractivity contribution >= 4 is 23.1 Å². The number of ether oxygens (including phenoxy) is 1. The van der Waals surface area contributed by atoms with E-state index in [1.807, 2.05) is 18.3 Å². The van der Waals surface area contributed by atoms with Gasteiger partial charge in [-0.25, -0.2) is 14.5 Å². The first-order valence-electron chi connectivity index (χ1n) is 10.9. The third-order valence-electron chi connectivity index (χ3n) is 6.17. The zero-order valence-electron chi connectivity index (χ0n) is 18.6. The van der Waals surface area contributed by atoms with Crippen LogP contribution in [0.5, 0.6) is 5.88 Å². The van der Waals surface area contributed by atoms with Gasteiger partial charge in [-0.05, 0) is 56.7 Å². The average Bonchev–Trinajstić information content (AvgIpc) is 3.10. The Morgan fingerprint density at radius 3 is 2.91 bits per heavy atom. The summed E-state index contributed by atoms with van der Waals surface area (Å²) in [5, 5.41) is 10.7. The van der Waals surface area contributed by atoms with Crippen LogP contribution in [0.2, 0.25) is 0 Å². The molecule has 32 heavy (non-hydrogen) atoms. The number of anilines is 1. The number of nitrogens with one attached hydrogen (secondary N) is 2. The lowest BCUT2D eigenvalue weighted by Gasteiger charge is -2.45. The molecule has 0 radical (unpaired) electrons. The first-order chi connectivity index (χ1) is 15.4.